The quantitative estimate of drug-likeness (QED) is 0.802. The molecule has 1 saturated carbocycles. The molecule has 1 fully saturated rings. The number of oxazole rings is 1. The van der Waals surface area contributed by atoms with Gasteiger partial charge in [-0.25, -0.2) is 15.0 Å². The van der Waals surface area contributed by atoms with Crippen molar-refractivity contribution in [3.05, 3.63) is 27.9 Å². The molecule has 0 amide bonds. The molecule has 0 bridgehead atoms. The van der Waals surface area contributed by atoms with Gasteiger partial charge in [-0.05, 0) is 54.4 Å². The molecule has 4 nitrogen and oxygen atoms in total. The Morgan fingerprint density at radius 2 is 2.06 bits per heavy atom. The van der Waals surface area contributed by atoms with Crippen LogP contribution in [0.4, 0.5) is 0 Å². The molecule has 1 aliphatic rings. The van der Waals surface area contributed by atoms with Gasteiger partial charge in [0.1, 0.15) is 21.2 Å². The molecular formula is C12H12BrN3OS. The van der Waals surface area contributed by atoms with Crippen molar-refractivity contribution in [1.29, 1.82) is 0 Å². The second-order valence-electron chi connectivity index (χ2n) is 4.38. The Kier molecular flexibility index (Phi) is 3.15. The minimum absolute atomic E-state index is 0.537. The summed E-state index contributed by atoms with van der Waals surface area (Å²) < 4.78 is 6.37. The van der Waals surface area contributed by atoms with Gasteiger partial charge in [-0.15, -0.1) is 0 Å². The number of aromatic nitrogens is 3. The van der Waals surface area contributed by atoms with Crippen LogP contribution < -0.4 is 0 Å². The Labute approximate surface area is 118 Å². The summed E-state index contributed by atoms with van der Waals surface area (Å²) in [6, 6.07) is 1.89. The summed E-state index contributed by atoms with van der Waals surface area (Å²) in [5.41, 5.74) is 0.924. The molecule has 3 rings (SSSR count). The van der Waals surface area contributed by atoms with E-state index in [1.54, 1.807) is 0 Å². The topological polar surface area (TPSA) is 51.8 Å². The summed E-state index contributed by atoms with van der Waals surface area (Å²) in [5, 5.41) is 1.51. The lowest BCUT2D eigenvalue weighted by molar-refractivity contribution is 0.431. The second kappa shape index (κ2) is 4.66. The number of hydrogen-bond donors (Lipinski definition) is 0. The van der Waals surface area contributed by atoms with Gasteiger partial charge in [0.15, 0.2) is 0 Å². The van der Waals surface area contributed by atoms with Gasteiger partial charge in [-0.3, -0.25) is 0 Å². The highest BCUT2D eigenvalue weighted by molar-refractivity contribution is 9.10. The first kappa shape index (κ1) is 12.2. The van der Waals surface area contributed by atoms with Crippen LogP contribution in [0.15, 0.2) is 25.3 Å². The lowest BCUT2D eigenvalue weighted by Crippen LogP contribution is -1.94. The van der Waals surface area contributed by atoms with Crippen molar-refractivity contribution in [3.8, 4) is 0 Å². The first-order chi connectivity index (χ1) is 8.61. The summed E-state index contributed by atoms with van der Waals surface area (Å²) in [6.45, 7) is 3.85. The molecule has 2 aromatic rings. The number of halogens is 1. The van der Waals surface area contributed by atoms with Gasteiger partial charge < -0.3 is 4.42 Å². The Hall–Kier alpha value is -0.880. The monoisotopic (exact) mass is 325 g/mol. The fraction of sp³-hybridized carbons (Fsp3) is 0.417. The van der Waals surface area contributed by atoms with Crippen molar-refractivity contribution < 1.29 is 4.42 Å². The minimum Gasteiger partial charge on any atom is -0.436 e. The smallest absolute Gasteiger partial charge is 0.262 e. The molecule has 0 saturated heterocycles. The van der Waals surface area contributed by atoms with Crippen molar-refractivity contribution >= 4 is 27.7 Å². The van der Waals surface area contributed by atoms with Crippen LogP contribution in [0.25, 0.3) is 0 Å². The van der Waals surface area contributed by atoms with E-state index in [1.165, 1.54) is 24.6 Å². The zero-order valence-electron chi connectivity index (χ0n) is 10.1. The van der Waals surface area contributed by atoms with E-state index in [0.717, 1.165) is 26.9 Å². The highest BCUT2D eigenvalue weighted by Gasteiger charge is 2.27. The molecule has 0 aromatic carbocycles. The number of rotatable bonds is 3. The van der Waals surface area contributed by atoms with Gasteiger partial charge in [-0.2, -0.15) is 0 Å². The molecule has 0 atom stereocenters. The first-order valence-electron chi connectivity index (χ1n) is 5.78. The second-order valence-corrected chi connectivity index (χ2v) is 6.17. The lowest BCUT2D eigenvalue weighted by Gasteiger charge is -2.01. The molecule has 2 heterocycles. The van der Waals surface area contributed by atoms with Crippen LogP contribution in [0.5, 0.6) is 0 Å². The van der Waals surface area contributed by atoms with Crippen molar-refractivity contribution in [3.63, 3.8) is 0 Å². The molecule has 2 aromatic heterocycles. The van der Waals surface area contributed by atoms with Crippen molar-refractivity contribution in [2.24, 2.45) is 0 Å². The predicted octanol–water partition coefficient (Wildman–Crippen LogP) is 3.87. The average Bonchev–Trinajstić information content (AvgIpc) is 3.07. The average molecular weight is 326 g/mol. The van der Waals surface area contributed by atoms with Crippen LogP contribution >= 0.6 is 27.7 Å². The van der Waals surface area contributed by atoms with Crippen molar-refractivity contribution in [1.82, 2.24) is 15.0 Å². The summed E-state index contributed by atoms with van der Waals surface area (Å²) in [4.78, 5) is 13.3. The van der Waals surface area contributed by atoms with E-state index in [9.17, 15) is 0 Å². The zero-order valence-corrected chi connectivity index (χ0v) is 12.5. The zero-order chi connectivity index (χ0) is 12.7. The standard InChI is InChI=1S/C12H12BrN3OS/c1-6-7(2)17-12(14-6)18-10-5-9(13)15-11(16-10)8-3-4-8/h5,8H,3-4H2,1-2H3. The predicted molar refractivity (Wildman–Crippen MR) is 71.8 cm³/mol. The van der Waals surface area contributed by atoms with Crippen LogP contribution in [0, 0.1) is 13.8 Å². The Morgan fingerprint density at radius 3 is 2.67 bits per heavy atom. The highest BCUT2D eigenvalue weighted by Crippen LogP contribution is 2.39. The fourth-order valence-corrected chi connectivity index (χ4v) is 2.95. The number of aryl methyl sites for hydroxylation is 2. The van der Waals surface area contributed by atoms with Crippen LogP contribution in [-0.2, 0) is 0 Å². The largest absolute Gasteiger partial charge is 0.436 e. The maximum Gasteiger partial charge on any atom is 0.262 e. The highest BCUT2D eigenvalue weighted by atomic mass is 79.9. The third-order valence-corrected chi connectivity index (χ3v) is 4.01. The Morgan fingerprint density at radius 1 is 1.28 bits per heavy atom. The van der Waals surface area contributed by atoms with Crippen molar-refractivity contribution in [2.45, 2.75) is 42.9 Å². The van der Waals surface area contributed by atoms with Gasteiger partial charge in [0.05, 0.1) is 5.69 Å². The van der Waals surface area contributed by atoms with Gasteiger partial charge in [0, 0.05) is 12.0 Å². The molecule has 6 heteroatoms. The molecule has 0 radical (unpaired) electrons. The third kappa shape index (κ3) is 2.59. The van der Waals surface area contributed by atoms with Crippen LogP contribution in [0.2, 0.25) is 0 Å². The van der Waals surface area contributed by atoms with E-state index in [1.807, 2.05) is 19.9 Å². The van der Waals surface area contributed by atoms with E-state index >= 15 is 0 Å². The number of nitrogens with zero attached hydrogens (tertiary/aromatic N) is 3. The fourth-order valence-electron chi connectivity index (χ4n) is 1.57. The summed E-state index contributed by atoms with van der Waals surface area (Å²) in [7, 11) is 0. The maximum absolute atomic E-state index is 5.55. The van der Waals surface area contributed by atoms with Gasteiger partial charge in [0.2, 0.25) is 0 Å². The molecule has 0 N–H and O–H groups in total. The summed E-state index contributed by atoms with van der Waals surface area (Å²) in [6.07, 6.45) is 2.38. The SMILES string of the molecule is Cc1nc(Sc2cc(Br)nc(C3CC3)n2)oc1C. The summed E-state index contributed by atoms with van der Waals surface area (Å²) in [5.74, 6) is 2.31. The third-order valence-electron chi connectivity index (χ3n) is 2.83. The molecule has 18 heavy (non-hydrogen) atoms. The van der Waals surface area contributed by atoms with E-state index in [2.05, 4.69) is 30.9 Å². The molecule has 94 valence electrons. The molecule has 0 unspecified atom stereocenters. The van der Waals surface area contributed by atoms with Crippen LogP contribution in [0.1, 0.15) is 36.0 Å². The normalized spacial score (nSPS) is 15.1. The van der Waals surface area contributed by atoms with Gasteiger partial charge in [-0.1, -0.05) is 0 Å². The lowest BCUT2D eigenvalue weighted by atomic mass is 10.4. The summed E-state index contributed by atoms with van der Waals surface area (Å²) >= 11 is 4.86. The van der Waals surface area contributed by atoms with Crippen molar-refractivity contribution in [2.75, 3.05) is 0 Å². The van der Waals surface area contributed by atoms with Crippen LogP contribution in [0.3, 0.4) is 0 Å². The molecular weight excluding hydrogens is 314 g/mol. The number of hydrogen-bond acceptors (Lipinski definition) is 5. The molecule has 1 aliphatic carbocycles. The minimum atomic E-state index is 0.537. The Balaban J connectivity index is 1.87. The molecule has 0 spiro atoms. The Bertz CT molecular complexity index is 576. The van der Waals surface area contributed by atoms with Crippen LogP contribution in [-0.4, -0.2) is 15.0 Å². The van der Waals surface area contributed by atoms with E-state index in [0.29, 0.717) is 11.1 Å². The molecule has 0 aliphatic heterocycles. The van der Waals surface area contributed by atoms with Gasteiger partial charge >= 0.3 is 0 Å². The van der Waals surface area contributed by atoms with E-state index < -0.39 is 0 Å². The van der Waals surface area contributed by atoms with E-state index in [4.69, 9.17) is 4.42 Å². The maximum atomic E-state index is 5.55. The van der Waals surface area contributed by atoms with E-state index in [-0.39, 0.29) is 0 Å². The first-order valence-corrected chi connectivity index (χ1v) is 7.39. The van der Waals surface area contributed by atoms with Gasteiger partial charge in [0.25, 0.3) is 5.22 Å².